The Bertz CT molecular complexity index is 392. The maximum atomic E-state index is 12.6. The van der Waals surface area contributed by atoms with E-state index in [4.69, 9.17) is 4.74 Å². The summed E-state index contributed by atoms with van der Waals surface area (Å²) in [6.07, 6.45) is 1.15. The van der Waals surface area contributed by atoms with E-state index in [9.17, 15) is 14.7 Å². The van der Waals surface area contributed by atoms with E-state index in [0.29, 0.717) is 13.1 Å². The third kappa shape index (κ3) is 2.12. The van der Waals surface area contributed by atoms with Crippen molar-refractivity contribution in [3.63, 3.8) is 0 Å². The first-order chi connectivity index (χ1) is 9.08. The molecule has 0 saturated carbocycles. The Balaban J connectivity index is 1.73. The van der Waals surface area contributed by atoms with Crippen LogP contribution in [0.3, 0.4) is 0 Å². The molecule has 3 fully saturated rings. The second kappa shape index (κ2) is 4.76. The molecule has 3 rings (SSSR count). The smallest absolute Gasteiger partial charge is 0.310 e. The number of carbonyl (C=O) groups excluding carboxylic acids is 1. The molecule has 0 aromatic carbocycles. The molecule has 3 saturated heterocycles. The summed E-state index contributed by atoms with van der Waals surface area (Å²) in [6.45, 7) is 3.08. The van der Waals surface area contributed by atoms with Crippen molar-refractivity contribution in [1.29, 1.82) is 0 Å². The van der Waals surface area contributed by atoms with Crippen LogP contribution >= 0.6 is 0 Å². The first-order valence-corrected chi connectivity index (χ1v) is 6.93. The summed E-state index contributed by atoms with van der Waals surface area (Å²) in [5.41, 5.74) is 0. The molecule has 3 aliphatic rings. The maximum absolute atomic E-state index is 12.6. The van der Waals surface area contributed by atoms with Crippen LogP contribution in [-0.4, -0.2) is 72.2 Å². The summed E-state index contributed by atoms with van der Waals surface area (Å²) in [7, 11) is 2.03. The molecule has 3 aliphatic heterocycles. The fourth-order valence-electron chi connectivity index (χ4n) is 3.54. The van der Waals surface area contributed by atoms with Crippen LogP contribution in [0.1, 0.15) is 12.8 Å². The van der Waals surface area contributed by atoms with E-state index in [1.165, 1.54) is 0 Å². The van der Waals surface area contributed by atoms with Crippen LogP contribution in [0, 0.1) is 11.8 Å². The highest BCUT2D eigenvalue weighted by Gasteiger charge is 2.56. The Morgan fingerprint density at radius 2 is 1.63 bits per heavy atom. The standard InChI is InChI=1S/C13H20N2O4/c1-14-4-6-15(7-5-14)12(16)10-8-2-3-9(19-8)11(10)13(17)18/h8-11H,2-7H2,1H3,(H,17,18)/t8-,9-,10+,11+/m1/s1. The van der Waals surface area contributed by atoms with Gasteiger partial charge in [0.25, 0.3) is 0 Å². The van der Waals surface area contributed by atoms with Crippen molar-refractivity contribution in [3.8, 4) is 0 Å². The number of ether oxygens (including phenoxy) is 1. The highest BCUT2D eigenvalue weighted by atomic mass is 16.5. The molecular weight excluding hydrogens is 248 g/mol. The van der Waals surface area contributed by atoms with Crippen molar-refractivity contribution in [1.82, 2.24) is 9.80 Å². The summed E-state index contributed by atoms with van der Waals surface area (Å²) >= 11 is 0. The predicted octanol–water partition coefficient (Wildman–Crippen LogP) is -0.361. The van der Waals surface area contributed by atoms with E-state index in [1.54, 1.807) is 0 Å². The average Bonchev–Trinajstić information content (AvgIpc) is 2.98. The van der Waals surface area contributed by atoms with Crippen LogP contribution in [-0.2, 0) is 14.3 Å². The van der Waals surface area contributed by atoms with Crippen molar-refractivity contribution >= 4 is 11.9 Å². The van der Waals surface area contributed by atoms with Crippen LogP contribution in [0.5, 0.6) is 0 Å². The number of carboxylic acid groups (broad SMARTS) is 1. The van der Waals surface area contributed by atoms with Gasteiger partial charge in [-0.25, -0.2) is 0 Å². The lowest BCUT2D eigenvalue weighted by atomic mass is 9.78. The van der Waals surface area contributed by atoms with Crippen molar-refractivity contribution in [2.24, 2.45) is 11.8 Å². The summed E-state index contributed by atoms with van der Waals surface area (Å²) in [5.74, 6) is -2.03. The number of piperazine rings is 1. The zero-order valence-electron chi connectivity index (χ0n) is 11.1. The largest absolute Gasteiger partial charge is 0.481 e. The van der Waals surface area contributed by atoms with Crippen LogP contribution < -0.4 is 0 Å². The van der Waals surface area contributed by atoms with E-state index in [1.807, 2.05) is 11.9 Å². The molecule has 6 heteroatoms. The van der Waals surface area contributed by atoms with Gasteiger partial charge in [-0.05, 0) is 19.9 Å². The van der Waals surface area contributed by atoms with E-state index in [0.717, 1.165) is 25.9 Å². The van der Waals surface area contributed by atoms with Crippen LogP contribution in [0.4, 0.5) is 0 Å². The molecule has 106 valence electrons. The Hall–Kier alpha value is -1.14. The molecule has 1 N–H and O–H groups in total. The highest BCUT2D eigenvalue weighted by molar-refractivity contribution is 5.86. The monoisotopic (exact) mass is 268 g/mol. The minimum absolute atomic E-state index is 0.0206. The SMILES string of the molecule is CN1CCN(C(=O)[C@@H]2[C@@H](C(=O)O)[C@H]3CC[C@H]2O3)CC1. The lowest BCUT2D eigenvalue weighted by molar-refractivity contribution is -0.151. The zero-order valence-corrected chi connectivity index (χ0v) is 11.1. The van der Waals surface area contributed by atoms with Gasteiger partial charge in [0.2, 0.25) is 5.91 Å². The van der Waals surface area contributed by atoms with Crippen LogP contribution in [0.2, 0.25) is 0 Å². The number of rotatable bonds is 2. The van der Waals surface area contributed by atoms with Gasteiger partial charge in [0.15, 0.2) is 0 Å². The molecule has 0 aromatic heterocycles. The first-order valence-electron chi connectivity index (χ1n) is 6.93. The lowest BCUT2D eigenvalue weighted by Gasteiger charge is -2.36. The third-order valence-electron chi connectivity index (χ3n) is 4.66. The normalized spacial score (nSPS) is 38.7. The van der Waals surface area contributed by atoms with Gasteiger partial charge in [0.1, 0.15) is 0 Å². The quantitative estimate of drug-likeness (QED) is 0.740. The number of aliphatic carboxylic acids is 1. The van der Waals surface area contributed by atoms with Crippen molar-refractivity contribution in [3.05, 3.63) is 0 Å². The number of likely N-dealkylation sites (N-methyl/N-ethyl adjacent to an activating group) is 1. The fraction of sp³-hybridized carbons (Fsp3) is 0.846. The van der Waals surface area contributed by atoms with Gasteiger partial charge >= 0.3 is 5.97 Å². The molecule has 3 heterocycles. The first kappa shape index (κ1) is 12.9. The minimum Gasteiger partial charge on any atom is -0.481 e. The van der Waals surface area contributed by atoms with Gasteiger partial charge in [-0.1, -0.05) is 0 Å². The molecule has 19 heavy (non-hydrogen) atoms. The van der Waals surface area contributed by atoms with Gasteiger partial charge in [-0.3, -0.25) is 9.59 Å². The number of fused-ring (bicyclic) bond motifs is 2. The highest BCUT2D eigenvalue weighted by Crippen LogP contribution is 2.44. The summed E-state index contributed by atoms with van der Waals surface area (Å²) < 4.78 is 5.65. The number of hydrogen-bond donors (Lipinski definition) is 1. The van der Waals surface area contributed by atoms with Gasteiger partial charge in [0, 0.05) is 26.2 Å². The number of nitrogens with zero attached hydrogens (tertiary/aromatic N) is 2. The molecular formula is C13H20N2O4. The Labute approximate surface area is 112 Å². The maximum Gasteiger partial charge on any atom is 0.310 e. The minimum atomic E-state index is -0.889. The lowest BCUT2D eigenvalue weighted by Crippen LogP contribution is -2.52. The third-order valence-corrected chi connectivity index (χ3v) is 4.66. The molecule has 0 spiro atoms. The predicted molar refractivity (Wildman–Crippen MR) is 66.6 cm³/mol. The fourth-order valence-corrected chi connectivity index (χ4v) is 3.54. The summed E-state index contributed by atoms with van der Waals surface area (Å²) in [6, 6.07) is 0. The average molecular weight is 268 g/mol. The molecule has 0 aliphatic carbocycles. The van der Waals surface area contributed by atoms with Crippen molar-refractivity contribution in [2.45, 2.75) is 25.0 Å². The summed E-state index contributed by atoms with van der Waals surface area (Å²) in [4.78, 5) is 27.9. The molecule has 0 unspecified atom stereocenters. The number of carboxylic acids is 1. The van der Waals surface area contributed by atoms with Crippen molar-refractivity contribution < 1.29 is 19.4 Å². The molecule has 2 bridgehead atoms. The number of amides is 1. The van der Waals surface area contributed by atoms with E-state index in [2.05, 4.69) is 4.90 Å². The second-order valence-corrected chi connectivity index (χ2v) is 5.81. The van der Waals surface area contributed by atoms with Crippen LogP contribution in [0.15, 0.2) is 0 Å². The Morgan fingerprint density at radius 3 is 2.21 bits per heavy atom. The zero-order chi connectivity index (χ0) is 13.6. The van der Waals surface area contributed by atoms with Gasteiger partial charge in [-0.2, -0.15) is 0 Å². The Morgan fingerprint density at radius 1 is 1.05 bits per heavy atom. The number of hydrogen-bond acceptors (Lipinski definition) is 4. The van der Waals surface area contributed by atoms with E-state index >= 15 is 0 Å². The van der Waals surface area contributed by atoms with Gasteiger partial charge in [-0.15, -0.1) is 0 Å². The Kier molecular flexibility index (Phi) is 3.22. The number of carbonyl (C=O) groups is 2. The second-order valence-electron chi connectivity index (χ2n) is 5.81. The van der Waals surface area contributed by atoms with Gasteiger partial charge < -0.3 is 19.6 Å². The van der Waals surface area contributed by atoms with E-state index in [-0.39, 0.29) is 18.1 Å². The molecule has 0 aromatic rings. The van der Waals surface area contributed by atoms with Crippen LogP contribution in [0.25, 0.3) is 0 Å². The van der Waals surface area contributed by atoms with E-state index < -0.39 is 17.8 Å². The van der Waals surface area contributed by atoms with Gasteiger partial charge in [0.05, 0.1) is 24.0 Å². The van der Waals surface area contributed by atoms with Crippen molar-refractivity contribution in [2.75, 3.05) is 33.2 Å². The topological polar surface area (TPSA) is 70.1 Å². The molecule has 1 amide bonds. The summed E-state index contributed by atoms with van der Waals surface area (Å²) in [5, 5.41) is 9.34. The molecule has 0 radical (unpaired) electrons. The molecule has 6 nitrogen and oxygen atoms in total. The molecule has 4 atom stereocenters.